The van der Waals surface area contributed by atoms with Crippen LogP contribution in [0.25, 0.3) is 0 Å². The van der Waals surface area contributed by atoms with Gasteiger partial charge in [0.2, 0.25) is 0 Å². The zero-order valence-electron chi connectivity index (χ0n) is 127. The quantitative estimate of drug-likeness (QED) is 0.0303. The number of ether oxygens (including phenoxy) is 12. The van der Waals surface area contributed by atoms with Crippen molar-refractivity contribution >= 4 is 23.9 Å². The lowest BCUT2D eigenvalue weighted by atomic mass is 9.79. The van der Waals surface area contributed by atoms with E-state index < -0.39 is 381 Å². The number of carbonyl (C=O) groups is 4. The summed E-state index contributed by atoms with van der Waals surface area (Å²) < 4.78 is 544. The van der Waals surface area contributed by atoms with E-state index in [-0.39, 0.29) is 54.3 Å². The molecule has 0 aromatic heterocycles. The van der Waals surface area contributed by atoms with Gasteiger partial charge in [-0.25, -0.2) is 0 Å². The molecule has 24 nitrogen and oxygen atoms in total. The van der Waals surface area contributed by atoms with E-state index in [0.717, 1.165) is 45.0 Å². The van der Waals surface area contributed by atoms with Crippen LogP contribution in [-0.4, -0.2) is 201 Å². The molecule has 8 N–H and O–H groups in total. The van der Waals surface area contributed by atoms with Gasteiger partial charge in [0.25, 0.3) is 0 Å². The molecule has 24 heteroatoms. The second-order valence-corrected chi connectivity index (χ2v) is 30.4. The molecule has 4 aromatic carbocycles. The third kappa shape index (κ3) is 23.8. The van der Waals surface area contributed by atoms with E-state index in [1.807, 2.05) is 0 Å². The molecule has 0 saturated carbocycles. The minimum Gasteiger partial charge on any atom is -0.493 e. The highest BCUT2D eigenvalue weighted by atomic mass is 16.6. The zero-order chi connectivity index (χ0) is 137. The van der Waals surface area contributed by atoms with E-state index in [2.05, 4.69) is 0 Å². The van der Waals surface area contributed by atoms with Crippen LogP contribution >= 0.6 is 0 Å². The number of rotatable bonds is 28. The SMILES string of the molecule is [2H]C([2H])([2H])Oc1cc2c(cc1OC)C1N(CC2)C([2H])([2H])C([2H])(C([2H])([2H])C([2H])(C)C([2H])([2H])[2H])C(OC(=O)[C@@H](N)C(C)C)C1([2H])[2H].[2H]C1([2H])C2c3cc(OC)c(OC)cc3CCN2C([2H])([2H])C([2H])(C([2H])([2H])C([2H])(C)C([2H])([2H])[2H])C1OC(=O)[C@@H](N)C(C)C.[2H]c1c(OC)c(OC([2H])([2H])[2H])c([2H])c2c1C1([2H])CC([2H])(OC(=O)[C@@H](N)C(C)C)C(C([2H])([2H])C([2H])(C)C([2H])([2H])[2H])CN1C([2H])([2H])C2([2H])[2H].[2H]c1c(OC)c(OC)c([2H])c2c1C1([2H])CC([2H])(OC(=O)[C@@H](N)C(C)C)C(C([2H])([2H])C([2H])(C)C([2H])([2H])[2H])CN1C([2H])([2H])C2([2H])[2H]. The molecule has 0 bridgehead atoms. The van der Waals surface area contributed by atoms with Crippen molar-refractivity contribution in [3.8, 4) is 46.0 Å². The molecule has 4 fully saturated rings. The van der Waals surface area contributed by atoms with E-state index in [4.69, 9.17) is 143 Å². The number of benzene rings is 4. The van der Waals surface area contributed by atoms with Crippen LogP contribution in [0.5, 0.6) is 46.0 Å². The number of nitrogens with zero attached hydrogens (tertiary/aromatic N) is 4. The molecule has 8 heterocycles. The first-order valence-electron chi connectivity index (χ1n) is 66.8. The van der Waals surface area contributed by atoms with E-state index in [1.54, 1.807) is 47.6 Å². The van der Waals surface area contributed by atoms with Gasteiger partial charge in [0.05, 0.1) is 75.9 Å². The Morgan fingerprint density at radius 1 is 0.433 bits per heavy atom. The molecule has 8 aliphatic heterocycles. The Labute approximate surface area is 797 Å². The third-order valence-electron chi connectivity index (χ3n) is 20.3. The van der Waals surface area contributed by atoms with Crippen molar-refractivity contribution in [3.63, 3.8) is 0 Å². The highest BCUT2D eigenvalue weighted by Gasteiger charge is 2.47. The first kappa shape index (κ1) is 45.1. The Bertz CT molecular complexity index is 6730. The molecular formula is C96H152N8O16. The van der Waals surface area contributed by atoms with E-state index in [0.29, 0.717) is 40.5 Å². The van der Waals surface area contributed by atoms with Gasteiger partial charge in [-0.3, -0.25) is 38.8 Å². The van der Waals surface area contributed by atoms with E-state index in [1.165, 1.54) is 53.4 Å². The first-order chi connectivity index (χ1) is 78.5. The minimum atomic E-state index is -3.69. The van der Waals surface area contributed by atoms with Gasteiger partial charge in [0, 0.05) is 183 Å². The summed E-state index contributed by atoms with van der Waals surface area (Å²) in [7, 11) is 1.10. The molecule has 672 valence electrons. The van der Waals surface area contributed by atoms with Crippen molar-refractivity contribution in [2.75, 3.05) is 109 Å². The van der Waals surface area contributed by atoms with Crippen LogP contribution in [0, 0.1) is 70.9 Å². The molecule has 0 spiro atoms. The lowest BCUT2D eigenvalue weighted by Crippen LogP contribution is -2.51. The van der Waals surface area contributed by atoms with Gasteiger partial charge in [-0.15, -0.1) is 0 Å². The van der Waals surface area contributed by atoms with Gasteiger partial charge < -0.3 is 79.8 Å². The Balaban J connectivity index is 0.000000257. The summed E-state index contributed by atoms with van der Waals surface area (Å²) in [6.07, 6.45) is -39.8. The van der Waals surface area contributed by atoms with Crippen molar-refractivity contribution in [1.29, 1.82) is 0 Å². The zero-order valence-corrected chi connectivity index (χ0v) is 70.7. The number of hydrogen-bond donors (Lipinski definition) is 4. The number of methoxy groups -OCH3 is 8. The lowest BCUT2D eigenvalue weighted by molar-refractivity contribution is -0.161. The Morgan fingerprint density at radius 2 is 0.750 bits per heavy atom. The maximum absolute atomic E-state index is 13.2. The second kappa shape index (κ2) is 43.9. The van der Waals surface area contributed by atoms with Crippen molar-refractivity contribution in [3.05, 3.63) is 92.9 Å². The van der Waals surface area contributed by atoms with Crippen LogP contribution in [0.3, 0.4) is 0 Å². The molecule has 12 rings (SSSR count). The fourth-order valence-electron chi connectivity index (χ4n) is 13.5. The lowest BCUT2D eigenvalue weighted by Gasteiger charge is -2.47. The normalized spacial score (nSPS) is 41.9. The smallest absolute Gasteiger partial charge is 0.323 e. The highest BCUT2D eigenvalue weighted by molar-refractivity contribution is 5.77. The first-order valence-corrected chi connectivity index (χ1v) is 38.8. The Hall–Kier alpha value is -7.16. The molecule has 4 aromatic rings. The molecular weight excluding hydrogens is 1520 g/mol. The number of fused-ring (bicyclic) bond motifs is 12. The predicted octanol–water partition coefficient (Wildman–Crippen LogP) is 14.3. The van der Waals surface area contributed by atoms with Crippen LogP contribution < -0.4 is 60.8 Å². The molecule has 0 radical (unpaired) electrons. The van der Waals surface area contributed by atoms with Gasteiger partial charge in [0.1, 0.15) is 48.5 Å². The van der Waals surface area contributed by atoms with Gasteiger partial charge in [0.15, 0.2) is 46.0 Å². The largest absolute Gasteiger partial charge is 0.493 e. The number of esters is 4. The summed E-state index contributed by atoms with van der Waals surface area (Å²) in [5, 5.41) is 0. The third-order valence-corrected chi connectivity index (χ3v) is 20.3. The summed E-state index contributed by atoms with van der Waals surface area (Å²) in [5.41, 5.74) is 21.8. The van der Waals surface area contributed by atoms with Crippen LogP contribution in [-0.2, 0) is 63.7 Å². The highest BCUT2D eigenvalue weighted by Crippen LogP contribution is 2.50. The van der Waals surface area contributed by atoms with E-state index >= 15 is 0 Å². The molecule has 120 heavy (non-hydrogen) atoms. The molecule has 4 saturated heterocycles. The maximum Gasteiger partial charge on any atom is 0.323 e. The van der Waals surface area contributed by atoms with Crippen LogP contribution in [0.15, 0.2) is 48.4 Å². The molecule has 16 unspecified atom stereocenters. The fraction of sp³-hybridized carbons (Fsp3) is 0.708. The summed E-state index contributed by atoms with van der Waals surface area (Å²) >= 11 is 0. The Kier molecular flexibility index (Phi) is 16.5. The number of piperidine rings is 4. The summed E-state index contributed by atoms with van der Waals surface area (Å²) in [5.74, 6) is -33.2. The van der Waals surface area contributed by atoms with Crippen molar-refractivity contribution in [1.82, 2.24) is 19.6 Å². The molecule has 0 amide bonds. The topological polar surface area (TPSA) is 296 Å². The van der Waals surface area contributed by atoms with Crippen LogP contribution in [0.1, 0.15) is 307 Å². The maximum atomic E-state index is 13.2. The summed E-state index contributed by atoms with van der Waals surface area (Å²) in [4.78, 5) is 55.5. The molecule has 20 atom stereocenters. The number of hydrogen-bond acceptors (Lipinski definition) is 24. The van der Waals surface area contributed by atoms with E-state index in [9.17, 15) is 32.9 Å². The van der Waals surface area contributed by atoms with Gasteiger partial charge in [-0.2, -0.15) is 0 Å². The number of carbonyl (C=O) groups excluding carboxylic acids is 4. The minimum absolute atomic E-state index is 0.0536. The summed E-state index contributed by atoms with van der Waals surface area (Å²) in [6, 6.07) is -12.1. The van der Waals surface area contributed by atoms with Crippen molar-refractivity contribution < 1.29 is 153 Å². The second-order valence-electron chi connectivity index (χ2n) is 30.4. The van der Waals surface area contributed by atoms with Gasteiger partial charge in [-0.1, -0.05) is 110 Å². The van der Waals surface area contributed by atoms with Crippen molar-refractivity contribution in [2.24, 2.45) is 93.8 Å². The average molecular weight is 1730 g/mol. The Morgan fingerprint density at radius 3 is 1.09 bits per heavy atom. The standard InChI is InChI=1S/4C24H38N2O4/c4*1-14(2)9-17-13-26-8-7-16-10-21(28-5)22(29-6)11-18(16)19(26)12-20(17)30-24(27)23(25)15(3)4/h4*10-11,14-15,17,19-20,23H,7-9,12-13,25H2,1-6H3/t4*17?,19?,20?,23-/m0000/s1/i1D3,5D3,7D2,8D2,9D2,10D,11D,14D,19D,20D;1D3,7D2,8D2,9D2,10D,11D,14D,19D,20D;1D3,5D3,9D2,12D2,13D2,14D,17D;1D3,9D2,12D2,13D2,14D,17D/t4*14?,17?,19?,20?,23-. The van der Waals surface area contributed by atoms with Crippen molar-refractivity contribution in [2.45, 2.75) is 260 Å². The van der Waals surface area contributed by atoms with Crippen LogP contribution in [0.4, 0.5) is 0 Å². The molecule has 0 aliphatic carbocycles. The molecule has 8 aliphatic rings. The van der Waals surface area contributed by atoms with Crippen LogP contribution in [0.2, 0.25) is 0 Å². The summed E-state index contributed by atoms with van der Waals surface area (Å²) in [6.45, 7) is -14.1. The fourth-order valence-corrected chi connectivity index (χ4v) is 13.5. The predicted molar refractivity (Wildman–Crippen MR) is 471 cm³/mol. The van der Waals surface area contributed by atoms with Gasteiger partial charge in [-0.05, 0) is 191 Å². The van der Waals surface area contributed by atoms with Gasteiger partial charge >= 0.3 is 23.9 Å². The average Bonchev–Trinajstić information content (AvgIpc) is 0.674. The monoisotopic (exact) mass is 1730 g/mol. The number of nitrogens with two attached hydrogens (primary N) is 4.